The second kappa shape index (κ2) is 8.19. The van der Waals surface area contributed by atoms with Gasteiger partial charge in [0.05, 0.1) is 24.2 Å². The highest BCUT2D eigenvalue weighted by atomic mass is 28.3. The van der Waals surface area contributed by atoms with Crippen LogP contribution >= 0.6 is 0 Å². The summed E-state index contributed by atoms with van der Waals surface area (Å²) in [5, 5.41) is 0. The number of hydrogen-bond acceptors (Lipinski definition) is 0. The average Bonchev–Trinajstić information content (AvgIpc) is 2.38. The van der Waals surface area contributed by atoms with Gasteiger partial charge in [-0.1, -0.05) is 106 Å². The molecule has 0 amide bonds. The fraction of sp³-hybridized carbons (Fsp3) is 0.455. The summed E-state index contributed by atoms with van der Waals surface area (Å²) in [6, 6.07) is 4.68. The predicted octanol–water partition coefficient (Wildman–Crippen LogP) is 7.67. The molecular weight excluding hydrogens is 349 g/mol. The zero-order chi connectivity index (χ0) is 19.5. The van der Waals surface area contributed by atoms with E-state index in [1.807, 2.05) is 0 Å². The van der Waals surface area contributed by atoms with Crippen molar-refractivity contribution in [3.8, 4) is 0 Å². The van der Waals surface area contributed by atoms with E-state index in [0.29, 0.717) is 0 Å². The summed E-state index contributed by atoms with van der Waals surface area (Å²) in [7, 11) is -3.66. The molecule has 138 valence electrons. The molecule has 0 aliphatic carbocycles. The number of hydrogen-bond donors (Lipinski definition) is 0. The smallest absolute Gasteiger partial charge is 0.0687 e. The van der Waals surface area contributed by atoms with E-state index in [4.69, 9.17) is 0 Å². The van der Waals surface area contributed by atoms with E-state index in [9.17, 15) is 0 Å². The molecule has 0 nitrogen and oxygen atoms in total. The third-order valence-electron chi connectivity index (χ3n) is 3.66. The van der Waals surface area contributed by atoms with E-state index in [1.165, 1.54) is 22.3 Å². The van der Waals surface area contributed by atoms with Crippen LogP contribution in [-0.4, -0.2) is 24.2 Å². The lowest BCUT2D eigenvalue weighted by Gasteiger charge is -2.15. The van der Waals surface area contributed by atoms with Gasteiger partial charge in [0.1, 0.15) is 0 Å². The second-order valence-electron chi connectivity index (χ2n) is 10.5. The molecule has 1 aromatic carbocycles. The SMILES string of the molecule is Cc1cc(C=C[Si](C)(C)C)c(C=C[Si](C)(C)C)c(C=C[Si](C)(C)C)c1. The highest BCUT2D eigenvalue weighted by molar-refractivity contribution is 6.82. The normalized spacial score (nSPS) is 14.3. The van der Waals surface area contributed by atoms with Crippen LogP contribution in [0.5, 0.6) is 0 Å². The first-order valence-electron chi connectivity index (χ1n) is 9.39. The molecule has 0 aromatic heterocycles. The standard InChI is InChI=1S/C22H38Si3/c1-19-17-20(11-14-23(2,3)4)22(13-16-25(8,9)10)21(18-19)12-15-24(5,6)7/h11-18H,1-10H3. The third-order valence-corrected chi connectivity index (χ3v) is 7.16. The van der Waals surface area contributed by atoms with Gasteiger partial charge in [-0.3, -0.25) is 0 Å². The maximum Gasteiger partial charge on any atom is 0.0687 e. The van der Waals surface area contributed by atoms with Crippen LogP contribution in [0.2, 0.25) is 58.9 Å². The van der Waals surface area contributed by atoms with Crippen molar-refractivity contribution in [3.05, 3.63) is 51.5 Å². The van der Waals surface area contributed by atoms with Crippen LogP contribution in [0.4, 0.5) is 0 Å². The van der Waals surface area contributed by atoms with Gasteiger partial charge < -0.3 is 0 Å². The molecule has 0 aliphatic heterocycles. The predicted molar refractivity (Wildman–Crippen MR) is 128 cm³/mol. The van der Waals surface area contributed by atoms with Crippen molar-refractivity contribution in [1.29, 1.82) is 0 Å². The first-order valence-corrected chi connectivity index (χ1v) is 20.1. The maximum absolute atomic E-state index is 2.47. The Hall–Kier alpha value is -0.909. The Labute approximate surface area is 159 Å². The van der Waals surface area contributed by atoms with Gasteiger partial charge in [-0.15, -0.1) is 0 Å². The zero-order valence-corrected chi connectivity index (χ0v) is 21.1. The summed E-state index contributed by atoms with van der Waals surface area (Å²) in [6.07, 6.45) is 7.13. The lowest BCUT2D eigenvalue weighted by atomic mass is 9.98. The van der Waals surface area contributed by atoms with Gasteiger partial charge >= 0.3 is 0 Å². The topological polar surface area (TPSA) is 0 Å². The highest BCUT2D eigenvalue weighted by Gasteiger charge is 2.13. The van der Waals surface area contributed by atoms with E-state index in [1.54, 1.807) is 0 Å². The second-order valence-corrected chi connectivity index (χ2v) is 25.7. The Balaban J connectivity index is 3.54. The molecule has 0 atom stereocenters. The van der Waals surface area contributed by atoms with Crippen molar-refractivity contribution in [2.24, 2.45) is 0 Å². The summed E-state index contributed by atoms with van der Waals surface area (Å²) >= 11 is 0. The van der Waals surface area contributed by atoms with Crippen molar-refractivity contribution in [2.45, 2.75) is 65.8 Å². The van der Waals surface area contributed by atoms with Crippen LogP contribution in [0.25, 0.3) is 18.2 Å². The molecule has 0 bridgehead atoms. The molecule has 0 N–H and O–H groups in total. The fourth-order valence-corrected chi connectivity index (χ4v) is 4.36. The van der Waals surface area contributed by atoms with Crippen LogP contribution in [-0.2, 0) is 0 Å². The Kier molecular flexibility index (Phi) is 7.25. The minimum atomic E-state index is -1.23. The molecular formula is C22H38Si3. The minimum Gasteiger partial charge on any atom is -0.0944 e. The molecule has 0 heterocycles. The number of rotatable bonds is 6. The highest BCUT2D eigenvalue weighted by Crippen LogP contribution is 2.25. The van der Waals surface area contributed by atoms with Crippen molar-refractivity contribution in [3.63, 3.8) is 0 Å². The van der Waals surface area contributed by atoms with Crippen molar-refractivity contribution in [1.82, 2.24) is 0 Å². The number of benzene rings is 1. The summed E-state index contributed by atoms with van der Waals surface area (Å²) < 4.78 is 0. The van der Waals surface area contributed by atoms with E-state index in [-0.39, 0.29) is 0 Å². The quantitative estimate of drug-likeness (QED) is 0.440. The molecule has 0 unspecified atom stereocenters. The van der Waals surface area contributed by atoms with Gasteiger partial charge in [-0.25, -0.2) is 0 Å². The molecule has 0 spiro atoms. The Morgan fingerprint density at radius 3 is 1.20 bits per heavy atom. The fourth-order valence-electron chi connectivity index (χ4n) is 2.34. The summed E-state index contributed by atoms with van der Waals surface area (Å²) in [6.45, 7) is 23.7. The van der Waals surface area contributed by atoms with Crippen LogP contribution in [0, 0.1) is 6.92 Å². The average molecular weight is 387 g/mol. The van der Waals surface area contributed by atoms with Crippen LogP contribution < -0.4 is 0 Å². The van der Waals surface area contributed by atoms with Crippen LogP contribution in [0.3, 0.4) is 0 Å². The van der Waals surface area contributed by atoms with E-state index in [2.05, 4.69) is 113 Å². The molecule has 0 saturated carbocycles. The lowest BCUT2D eigenvalue weighted by Crippen LogP contribution is -2.16. The van der Waals surface area contributed by atoms with Crippen LogP contribution in [0.1, 0.15) is 22.3 Å². The van der Waals surface area contributed by atoms with E-state index >= 15 is 0 Å². The van der Waals surface area contributed by atoms with Gasteiger partial charge in [0.15, 0.2) is 0 Å². The minimum absolute atomic E-state index is 1.21. The Morgan fingerprint density at radius 2 is 0.880 bits per heavy atom. The Bertz CT molecular complexity index is 628. The molecule has 0 saturated heterocycles. The van der Waals surface area contributed by atoms with Gasteiger partial charge in [0.2, 0.25) is 0 Å². The monoisotopic (exact) mass is 386 g/mol. The molecule has 1 rings (SSSR count). The zero-order valence-electron chi connectivity index (χ0n) is 18.1. The number of aryl methyl sites for hydroxylation is 1. The van der Waals surface area contributed by atoms with Gasteiger partial charge in [-0.2, -0.15) is 0 Å². The molecule has 0 aliphatic rings. The van der Waals surface area contributed by atoms with Crippen molar-refractivity contribution in [2.75, 3.05) is 0 Å². The summed E-state index contributed by atoms with van der Waals surface area (Å²) in [5.41, 5.74) is 12.8. The maximum atomic E-state index is 2.47. The van der Waals surface area contributed by atoms with Gasteiger partial charge in [-0.05, 0) is 29.2 Å². The molecule has 1 aromatic rings. The Morgan fingerprint density at radius 1 is 0.560 bits per heavy atom. The largest absolute Gasteiger partial charge is 0.0944 e. The van der Waals surface area contributed by atoms with Crippen molar-refractivity contribution < 1.29 is 0 Å². The molecule has 0 fully saturated rings. The van der Waals surface area contributed by atoms with Gasteiger partial charge in [0.25, 0.3) is 0 Å². The van der Waals surface area contributed by atoms with Crippen LogP contribution in [0.15, 0.2) is 29.2 Å². The van der Waals surface area contributed by atoms with Crippen molar-refractivity contribution >= 4 is 42.4 Å². The molecule has 25 heavy (non-hydrogen) atoms. The van der Waals surface area contributed by atoms with E-state index < -0.39 is 24.2 Å². The summed E-state index contributed by atoms with van der Waals surface area (Å²) in [4.78, 5) is 0. The molecule has 3 heteroatoms. The van der Waals surface area contributed by atoms with Gasteiger partial charge in [0, 0.05) is 0 Å². The third kappa shape index (κ3) is 9.38. The molecule has 0 radical (unpaired) electrons. The van der Waals surface area contributed by atoms with E-state index in [0.717, 1.165) is 0 Å². The lowest BCUT2D eigenvalue weighted by molar-refractivity contribution is 1.43. The summed E-state index contributed by atoms with van der Waals surface area (Å²) in [5.74, 6) is 0. The first-order chi connectivity index (χ1) is 11.2. The first kappa shape index (κ1) is 22.1.